The summed E-state index contributed by atoms with van der Waals surface area (Å²) in [6.45, 7) is 0.140. The molecule has 3 aromatic carbocycles. The lowest BCUT2D eigenvalue weighted by Gasteiger charge is -2.36. The van der Waals surface area contributed by atoms with Crippen LogP contribution in [-0.2, 0) is 22.4 Å². The van der Waals surface area contributed by atoms with Crippen molar-refractivity contribution in [1.82, 2.24) is 25.1 Å². The summed E-state index contributed by atoms with van der Waals surface area (Å²) in [4.78, 5) is 39.5. The van der Waals surface area contributed by atoms with Gasteiger partial charge in [-0.2, -0.15) is 4.68 Å². The summed E-state index contributed by atoms with van der Waals surface area (Å²) >= 11 is 6.13. The molecule has 0 unspecified atom stereocenters. The van der Waals surface area contributed by atoms with Gasteiger partial charge in [0.15, 0.2) is 11.6 Å². The number of benzene rings is 3. The second-order valence-electron chi connectivity index (χ2n) is 8.94. The number of carboxylic acids is 1. The zero-order chi connectivity index (χ0) is 27.5. The van der Waals surface area contributed by atoms with Gasteiger partial charge in [-0.3, -0.25) is 9.59 Å². The summed E-state index contributed by atoms with van der Waals surface area (Å²) < 4.78 is 16.9. The first-order chi connectivity index (χ1) is 18.8. The molecule has 9 nitrogen and oxygen atoms in total. The SMILES string of the molecule is O=C(O)c1ccc(CC(=O)[C@@H]2c3ccccc3CCN2C(=O)/C(F)=C/c2cc(Cl)ccc2-n2cnnn2)cc1. The smallest absolute Gasteiger partial charge is 0.335 e. The van der Waals surface area contributed by atoms with E-state index in [9.17, 15) is 14.4 Å². The van der Waals surface area contributed by atoms with Gasteiger partial charge in [-0.1, -0.05) is 48.0 Å². The highest BCUT2D eigenvalue weighted by Crippen LogP contribution is 2.33. The fourth-order valence-electron chi connectivity index (χ4n) is 4.65. The molecule has 0 saturated carbocycles. The van der Waals surface area contributed by atoms with Gasteiger partial charge in [-0.15, -0.1) is 5.10 Å². The Morgan fingerprint density at radius 1 is 1.08 bits per heavy atom. The Kier molecular flexibility index (Phi) is 7.29. The summed E-state index contributed by atoms with van der Waals surface area (Å²) in [6.07, 6.45) is 2.78. The van der Waals surface area contributed by atoms with Gasteiger partial charge in [0.05, 0.1) is 11.3 Å². The molecule has 0 fully saturated rings. The van der Waals surface area contributed by atoms with E-state index < -0.39 is 23.7 Å². The molecule has 0 spiro atoms. The molecule has 1 N–H and O–H groups in total. The van der Waals surface area contributed by atoms with Crippen LogP contribution in [0.3, 0.4) is 0 Å². The average molecular weight is 546 g/mol. The molecule has 2 heterocycles. The number of carbonyl (C=O) groups excluding carboxylic acids is 2. The second kappa shape index (κ2) is 11.0. The molecule has 1 aliphatic heterocycles. The van der Waals surface area contributed by atoms with Crippen LogP contribution in [-0.4, -0.2) is 54.4 Å². The second-order valence-corrected chi connectivity index (χ2v) is 9.38. The molecule has 5 rings (SSSR count). The van der Waals surface area contributed by atoms with Crippen molar-refractivity contribution in [2.24, 2.45) is 0 Å². The molecule has 11 heteroatoms. The number of ketones is 1. The lowest BCUT2D eigenvalue weighted by Crippen LogP contribution is -2.44. The molecule has 1 atom stereocenters. The minimum Gasteiger partial charge on any atom is -0.478 e. The van der Waals surface area contributed by atoms with Crippen LogP contribution >= 0.6 is 11.6 Å². The van der Waals surface area contributed by atoms with Gasteiger partial charge in [-0.25, -0.2) is 9.18 Å². The quantitative estimate of drug-likeness (QED) is 0.345. The molecular formula is C28H21ClFN5O4. The average Bonchev–Trinajstić information content (AvgIpc) is 3.47. The molecule has 0 saturated heterocycles. The topological polar surface area (TPSA) is 118 Å². The molecule has 4 aromatic rings. The van der Waals surface area contributed by atoms with Gasteiger partial charge >= 0.3 is 5.97 Å². The Morgan fingerprint density at radius 3 is 2.56 bits per heavy atom. The van der Waals surface area contributed by atoms with E-state index in [4.69, 9.17) is 16.7 Å². The maximum absolute atomic E-state index is 15.6. The van der Waals surface area contributed by atoms with Crippen molar-refractivity contribution in [3.05, 3.63) is 112 Å². The Bertz CT molecular complexity index is 1590. The molecule has 0 bridgehead atoms. The van der Waals surface area contributed by atoms with Crippen LogP contribution in [0, 0.1) is 0 Å². The van der Waals surface area contributed by atoms with Crippen molar-refractivity contribution in [2.45, 2.75) is 18.9 Å². The lowest BCUT2D eigenvalue weighted by molar-refractivity contribution is -0.138. The molecule has 1 aromatic heterocycles. The monoisotopic (exact) mass is 545 g/mol. The Balaban J connectivity index is 1.47. The van der Waals surface area contributed by atoms with Crippen molar-refractivity contribution in [3.63, 3.8) is 0 Å². The summed E-state index contributed by atoms with van der Waals surface area (Å²) in [5, 5.41) is 20.5. The third kappa shape index (κ3) is 5.46. The first-order valence-corrected chi connectivity index (χ1v) is 12.3. The fraction of sp³-hybridized carbons (Fsp3) is 0.143. The van der Waals surface area contributed by atoms with Crippen LogP contribution in [0.2, 0.25) is 5.02 Å². The van der Waals surface area contributed by atoms with E-state index in [0.717, 1.165) is 11.6 Å². The Labute approximate surface area is 227 Å². The third-order valence-electron chi connectivity index (χ3n) is 6.50. The minimum absolute atomic E-state index is 0.0637. The van der Waals surface area contributed by atoms with E-state index in [0.29, 0.717) is 28.3 Å². The van der Waals surface area contributed by atoms with Crippen LogP contribution in [0.15, 0.2) is 78.9 Å². The Morgan fingerprint density at radius 2 is 1.85 bits per heavy atom. The largest absolute Gasteiger partial charge is 0.478 e. The number of tetrazole rings is 1. The molecule has 196 valence electrons. The minimum atomic E-state index is -1.07. The number of carbonyl (C=O) groups is 3. The molecule has 0 aliphatic carbocycles. The van der Waals surface area contributed by atoms with E-state index in [-0.39, 0.29) is 29.9 Å². The first-order valence-electron chi connectivity index (χ1n) is 12.0. The standard InChI is InChI=1S/C28H21ClFN5O4/c29-21-9-10-24(35-16-31-32-33-35)20(14-21)15-23(30)27(37)34-12-11-18-3-1-2-4-22(18)26(34)25(36)13-17-5-7-19(8-6-17)28(38)39/h1-10,14-16,26H,11-13H2,(H,38,39)/b23-15-/t26-/m0/s1. The van der Waals surface area contributed by atoms with Gasteiger partial charge in [0.25, 0.3) is 5.91 Å². The number of rotatable bonds is 7. The van der Waals surface area contributed by atoms with Crippen molar-refractivity contribution in [1.29, 1.82) is 0 Å². The van der Waals surface area contributed by atoms with Crippen LogP contribution in [0.25, 0.3) is 11.8 Å². The number of nitrogens with zero attached hydrogens (tertiary/aromatic N) is 5. The van der Waals surface area contributed by atoms with Crippen molar-refractivity contribution >= 4 is 35.3 Å². The normalized spacial score (nSPS) is 15.1. The Hall–Kier alpha value is -4.70. The number of fused-ring (bicyclic) bond motifs is 1. The fourth-order valence-corrected chi connectivity index (χ4v) is 4.83. The number of amides is 1. The van der Waals surface area contributed by atoms with Gasteiger partial charge in [0, 0.05) is 23.6 Å². The summed E-state index contributed by atoms with van der Waals surface area (Å²) in [5.74, 6) is -3.40. The zero-order valence-corrected chi connectivity index (χ0v) is 21.1. The summed E-state index contributed by atoms with van der Waals surface area (Å²) in [7, 11) is 0. The maximum atomic E-state index is 15.6. The zero-order valence-electron chi connectivity index (χ0n) is 20.4. The number of aromatic carboxylic acids is 1. The van der Waals surface area contributed by atoms with E-state index in [1.54, 1.807) is 36.4 Å². The highest BCUT2D eigenvalue weighted by Gasteiger charge is 2.37. The third-order valence-corrected chi connectivity index (χ3v) is 6.74. The highest BCUT2D eigenvalue weighted by molar-refractivity contribution is 6.30. The van der Waals surface area contributed by atoms with Crippen LogP contribution in [0.1, 0.15) is 38.7 Å². The number of Topliss-reactive ketones (excluding diaryl/α,β-unsaturated/α-hetero) is 1. The van der Waals surface area contributed by atoms with E-state index in [2.05, 4.69) is 15.5 Å². The van der Waals surface area contributed by atoms with Gasteiger partial charge < -0.3 is 10.0 Å². The molecular weight excluding hydrogens is 525 g/mol. The number of carboxylic acid groups (broad SMARTS) is 1. The van der Waals surface area contributed by atoms with Gasteiger partial charge in [-0.05, 0) is 69.9 Å². The van der Waals surface area contributed by atoms with Crippen molar-refractivity contribution in [2.75, 3.05) is 6.54 Å². The van der Waals surface area contributed by atoms with Crippen LogP contribution in [0.4, 0.5) is 4.39 Å². The highest BCUT2D eigenvalue weighted by atomic mass is 35.5. The number of halogens is 2. The van der Waals surface area contributed by atoms with E-state index >= 15 is 4.39 Å². The van der Waals surface area contributed by atoms with Crippen LogP contribution < -0.4 is 0 Å². The molecule has 1 amide bonds. The van der Waals surface area contributed by atoms with Gasteiger partial charge in [0.1, 0.15) is 12.4 Å². The molecule has 1 aliphatic rings. The lowest BCUT2D eigenvalue weighted by atomic mass is 9.88. The number of hydrogen-bond donors (Lipinski definition) is 1. The predicted octanol–water partition coefficient (Wildman–Crippen LogP) is 4.26. The number of hydrogen-bond acceptors (Lipinski definition) is 6. The van der Waals surface area contributed by atoms with Gasteiger partial charge in [0.2, 0.25) is 0 Å². The maximum Gasteiger partial charge on any atom is 0.335 e. The molecule has 39 heavy (non-hydrogen) atoms. The summed E-state index contributed by atoms with van der Waals surface area (Å²) in [5.41, 5.74) is 2.91. The number of aromatic nitrogens is 4. The van der Waals surface area contributed by atoms with Crippen molar-refractivity contribution < 1.29 is 23.9 Å². The van der Waals surface area contributed by atoms with E-state index in [1.165, 1.54) is 34.1 Å². The summed E-state index contributed by atoms with van der Waals surface area (Å²) in [6, 6.07) is 16.9. The van der Waals surface area contributed by atoms with Crippen molar-refractivity contribution in [3.8, 4) is 5.69 Å². The van der Waals surface area contributed by atoms with E-state index in [1.807, 2.05) is 12.1 Å². The molecule has 0 radical (unpaired) electrons. The first kappa shape index (κ1) is 25.9. The van der Waals surface area contributed by atoms with Crippen LogP contribution in [0.5, 0.6) is 0 Å². The predicted molar refractivity (Wildman–Crippen MR) is 140 cm³/mol.